The van der Waals surface area contributed by atoms with Crippen LogP contribution in [0.1, 0.15) is 34.1 Å². The molecule has 0 aliphatic carbocycles. The molecule has 90 valence electrons. The van der Waals surface area contributed by atoms with Crippen molar-refractivity contribution in [3.05, 3.63) is 5.28 Å². The van der Waals surface area contributed by atoms with Crippen LogP contribution in [0.3, 0.4) is 0 Å². The molecule has 1 aromatic heterocycles. The van der Waals surface area contributed by atoms with Crippen LogP contribution in [0.2, 0.25) is 5.28 Å². The van der Waals surface area contributed by atoms with E-state index in [0.29, 0.717) is 16.4 Å². The predicted octanol–water partition coefficient (Wildman–Crippen LogP) is 3.24. The number of thioether (sulfide) groups is 1. The van der Waals surface area contributed by atoms with Gasteiger partial charge in [0, 0.05) is 11.3 Å². The number of nitrogens with zero attached hydrogens (tertiary/aromatic N) is 3. The van der Waals surface area contributed by atoms with E-state index in [4.69, 9.17) is 11.6 Å². The normalized spacial score (nSPS) is 12.9. The van der Waals surface area contributed by atoms with Crippen molar-refractivity contribution in [2.75, 3.05) is 5.32 Å². The molecule has 16 heavy (non-hydrogen) atoms. The standard InChI is InChI=1S/C10H17ClN4S/c1-5-7(4)16-10-14-8(11)13-9(15-10)12-6(2)3/h6-7H,5H2,1-4H3,(H,12,13,14,15). The number of halogens is 1. The largest absolute Gasteiger partial charge is 0.352 e. The van der Waals surface area contributed by atoms with Gasteiger partial charge in [-0.25, -0.2) is 0 Å². The molecular weight excluding hydrogens is 244 g/mol. The third-order valence-electron chi connectivity index (χ3n) is 1.89. The van der Waals surface area contributed by atoms with Crippen molar-refractivity contribution in [3.63, 3.8) is 0 Å². The lowest BCUT2D eigenvalue weighted by atomic mass is 10.4. The second kappa shape index (κ2) is 6.25. The number of rotatable bonds is 5. The second-order valence-corrected chi connectivity index (χ2v) is 5.59. The molecule has 0 bridgehead atoms. The molecule has 0 saturated heterocycles. The van der Waals surface area contributed by atoms with Crippen LogP contribution >= 0.6 is 23.4 Å². The smallest absolute Gasteiger partial charge is 0.228 e. The van der Waals surface area contributed by atoms with Crippen molar-refractivity contribution in [3.8, 4) is 0 Å². The van der Waals surface area contributed by atoms with E-state index in [-0.39, 0.29) is 11.3 Å². The van der Waals surface area contributed by atoms with Gasteiger partial charge in [-0.2, -0.15) is 15.0 Å². The number of aromatic nitrogens is 3. The van der Waals surface area contributed by atoms with Crippen LogP contribution < -0.4 is 5.32 Å². The average molecular weight is 261 g/mol. The zero-order chi connectivity index (χ0) is 12.1. The zero-order valence-corrected chi connectivity index (χ0v) is 11.6. The lowest BCUT2D eigenvalue weighted by Crippen LogP contribution is -2.13. The number of hydrogen-bond donors (Lipinski definition) is 1. The minimum Gasteiger partial charge on any atom is -0.352 e. The first kappa shape index (κ1) is 13.5. The number of anilines is 1. The summed E-state index contributed by atoms with van der Waals surface area (Å²) in [6, 6.07) is 0.278. The van der Waals surface area contributed by atoms with Crippen LogP contribution in [-0.4, -0.2) is 26.2 Å². The third kappa shape index (κ3) is 4.53. The van der Waals surface area contributed by atoms with Gasteiger partial charge in [0.2, 0.25) is 11.2 Å². The molecule has 1 N–H and O–H groups in total. The Bertz CT molecular complexity index is 346. The Balaban J connectivity index is 2.81. The predicted molar refractivity (Wildman–Crippen MR) is 69.2 cm³/mol. The van der Waals surface area contributed by atoms with E-state index in [1.165, 1.54) is 0 Å². The molecule has 1 unspecified atom stereocenters. The summed E-state index contributed by atoms with van der Waals surface area (Å²) in [7, 11) is 0. The van der Waals surface area contributed by atoms with Gasteiger partial charge in [-0.15, -0.1) is 0 Å². The van der Waals surface area contributed by atoms with E-state index in [1.807, 2.05) is 13.8 Å². The van der Waals surface area contributed by atoms with Gasteiger partial charge in [0.05, 0.1) is 0 Å². The molecule has 0 fully saturated rings. The second-order valence-electron chi connectivity index (χ2n) is 3.85. The summed E-state index contributed by atoms with van der Waals surface area (Å²) < 4.78 is 0. The van der Waals surface area contributed by atoms with Gasteiger partial charge >= 0.3 is 0 Å². The minimum atomic E-state index is 0.240. The maximum atomic E-state index is 5.84. The van der Waals surface area contributed by atoms with Crippen molar-refractivity contribution < 1.29 is 0 Å². The molecule has 0 spiro atoms. The Labute approximate surface area is 106 Å². The Morgan fingerprint density at radius 1 is 1.25 bits per heavy atom. The summed E-state index contributed by atoms with van der Waals surface area (Å²) >= 11 is 7.46. The molecule has 0 radical (unpaired) electrons. The van der Waals surface area contributed by atoms with E-state index in [2.05, 4.69) is 34.1 Å². The number of hydrogen-bond acceptors (Lipinski definition) is 5. The van der Waals surface area contributed by atoms with Crippen LogP contribution in [0.5, 0.6) is 0 Å². The van der Waals surface area contributed by atoms with Gasteiger partial charge < -0.3 is 5.32 Å². The van der Waals surface area contributed by atoms with Gasteiger partial charge in [-0.3, -0.25) is 0 Å². The minimum absolute atomic E-state index is 0.240. The van der Waals surface area contributed by atoms with E-state index in [0.717, 1.165) is 6.42 Å². The summed E-state index contributed by atoms with van der Waals surface area (Å²) in [6.07, 6.45) is 1.07. The maximum absolute atomic E-state index is 5.84. The molecule has 6 heteroatoms. The lowest BCUT2D eigenvalue weighted by molar-refractivity contribution is 0.827. The fourth-order valence-corrected chi connectivity index (χ4v) is 1.99. The van der Waals surface area contributed by atoms with Crippen molar-refractivity contribution in [1.82, 2.24) is 15.0 Å². The summed E-state index contributed by atoms with van der Waals surface area (Å²) in [6.45, 7) is 8.32. The van der Waals surface area contributed by atoms with Crippen molar-refractivity contribution >= 4 is 29.3 Å². The van der Waals surface area contributed by atoms with Gasteiger partial charge in [0.25, 0.3) is 0 Å². The quantitative estimate of drug-likeness (QED) is 0.824. The van der Waals surface area contributed by atoms with E-state index in [9.17, 15) is 0 Å². The molecule has 4 nitrogen and oxygen atoms in total. The summed E-state index contributed by atoms with van der Waals surface area (Å²) in [4.78, 5) is 12.4. The lowest BCUT2D eigenvalue weighted by Gasteiger charge is -2.10. The van der Waals surface area contributed by atoms with Gasteiger partial charge in [0.15, 0.2) is 5.16 Å². The van der Waals surface area contributed by atoms with Gasteiger partial charge in [-0.1, -0.05) is 25.6 Å². The van der Waals surface area contributed by atoms with Crippen LogP contribution in [-0.2, 0) is 0 Å². The molecule has 0 aromatic carbocycles. The van der Waals surface area contributed by atoms with Crippen LogP contribution in [0.25, 0.3) is 0 Å². The summed E-state index contributed by atoms with van der Waals surface area (Å²) in [5.41, 5.74) is 0. The van der Waals surface area contributed by atoms with E-state index in [1.54, 1.807) is 11.8 Å². The molecule has 0 aliphatic rings. The highest BCUT2D eigenvalue weighted by molar-refractivity contribution is 7.99. The molecule has 1 rings (SSSR count). The molecule has 1 heterocycles. The topological polar surface area (TPSA) is 50.7 Å². The highest BCUT2D eigenvalue weighted by Gasteiger charge is 2.09. The van der Waals surface area contributed by atoms with Gasteiger partial charge in [-0.05, 0) is 31.9 Å². The fraction of sp³-hybridized carbons (Fsp3) is 0.700. The maximum Gasteiger partial charge on any atom is 0.228 e. The molecule has 0 amide bonds. The van der Waals surface area contributed by atoms with Gasteiger partial charge in [0.1, 0.15) is 0 Å². The first-order valence-electron chi connectivity index (χ1n) is 5.36. The summed E-state index contributed by atoms with van der Waals surface area (Å²) in [5.74, 6) is 0.542. The first-order valence-corrected chi connectivity index (χ1v) is 6.61. The Hall–Kier alpha value is -0.550. The van der Waals surface area contributed by atoms with Crippen molar-refractivity contribution in [1.29, 1.82) is 0 Å². The fourth-order valence-electron chi connectivity index (χ4n) is 0.971. The molecule has 1 atom stereocenters. The molecule has 0 aliphatic heterocycles. The SMILES string of the molecule is CCC(C)Sc1nc(Cl)nc(NC(C)C)n1. The number of nitrogens with one attached hydrogen (secondary N) is 1. The Morgan fingerprint density at radius 2 is 1.94 bits per heavy atom. The van der Waals surface area contributed by atoms with Crippen LogP contribution in [0.15, 0.2) is 5.16 Å². The van der Waals surface area contributed by atoms with E-state index < -0.39 is 0 Å². The third-order valence-corrected chi connectivity index (χ3v) is 3.19. The summed E-state index contributed by atoms with van der Waals surface area (Å²) in [5, 5.41) is 4.51. The monoisotopic (exact) mass is 260 g/mol. The van der Waals surface area contributed by atoms with Crippen molar-refractivity contribution in [2.24, 2.45) is 0 Å². The molecular formula is C10H17ClN4S. The zero-order valence-electron chi connectivity index (χ0n) is 9.99. The first-order chi connectivity index (χ1) is 7.51. The van der Waals surface area contributed by atoms with Crippen molar-refractivity contribution in [2.45, 2.75) is 50.6 Å². The highest BCUT2D eigenvalue weighted by Crippen LogP contribution is 2.23. The Morgan fingerprint density at radius 3 is 2.50 bits per heavy atom. The highest BCUT2D eigenvalue weighted by atomic mass is 35.5. The molecule has 0 saturated carbocycles. The Kier molecular flexibility index (Phi) is 5.28. The van der Waals surface area contributed by atoms with Crippen LogP contribution in [0, 0.1) is 0 Å². The molecule has 1 aromatic rings. The van der Waals surface area contributed by atoms with E-state index >= 15 is 0 Å². The average Bonchev–Trinajstić information content (AvgIpc) is 2.15. The van der Waals surface area contributed by atoms with Crippen LogP contribution in [0.4, 0.5) is 5.95 Å².